The molecule has 4 heteroatoms. The Balaban J connectivity index is 3.19. The monoisotopic (exact) mass is 187 g/mol. The van der Waals surface area contributed by atoms with Crippen molar-refractivity contribution in [2.24, 2.45) is 0 Å². The Morgan fingerprint density at radius 2 is 2.36 bits per heavy atom. The topological polar surface area (TPSA) is 50.1 Å². The fourth-order valence-electron chi connectivity index (χ4n) is 1.26. The largest absolute Gasteiger partial charge is 0.465 e. The van der Waals surface area contributed by atoms with Gasteiger partial charge in [0.15, 0.2) is 0 Å². The normalized spacial score (nSPS) is 9.14. The SMILES string of the molecule is BCc1cc(C#N)ccc1C(=O)OC. The number of ether oxygens (including phenoxy) is 1. The number of hydrogen-bond donors (Lipinski definition) is 0. The molecule has 70 valence electrons. The summed E-state index contributed by atoms with van der Waals surface area (Å²) >= 11 is 0. The van der Waals surface area contributed by atoms with Crippen molar-refractivity contribution < 1.29 is 9.53 Å². The van der Waals surface area contributed by atoms with E-state index in [4.69, 9.17) is 5.26 Å². The first-order valence-corrected chi connectivity index (χ1v) is 4.34. The van der Waals surface area contributed by atoms with Crippen molar-refractivity contribution in [3.63, 3.8) is 0 Å². The number of benzene rings is 1. The van der Waals surface area contributed by atoms with Gasteiger partial charge in [0, 0.05) is 0 Å². The van der Waals surface area contributed by atoms with E-state index < -0.39 is 0 Å². The standard InChI is InChI=1S/C10H10BNO2/c1-14-10(13)9-3-2-7(6-12)4-8(9)5-11/h2-4H,5,11H2,1H3. The van der Waals surface area contributed by atoms with Gasteiger partial charge in [-0.25, -0.2) is 4.79 Å². The third-order valence-electron chi connectivity index (χ3n) is 2.02. The van der Waals surface area contributed by atoms with E-state index >= 15 is 0 Å². The van der Waals surface area contributed by atoms with Gasteiger partial charge >= 0.3 is 5.97 Å². The second kappa shape index (κ2) is 4.47. The number of nitriles is 1. The maximum Gasteiger partial charge on any atom is 0.338 e. The number of carbonyl (C=O) groups is 1. The molecule has 0 amide bonds. The van der Waals surface area contributed by atoms with Crippen LogP contribution in [0.4, 0.5) is 0 Å². The van der Waals surface area contributed by atoms with Crippen LogP contribution in [0.25, 0.3) is 0 Å². The van der Waals surface area contributed by atoms with Crippen LogP contribution in [-0.2, 0) is 11.1 Å². The molecule has 1 aromatic rings. The first-order chi connectivity index (χ1) is 6.72. The van der Waals surface area contributed by atoms with Gasteiger partial charge in [-0.3, -0.25) is 0 Å². The lowest BCUT2D eigenvalue weighted by Gasteiger charge is -2.05. The molecule has 0 saturated carbocycles. The highest BCUT2D eigenvalue weighted by molar-refractivity contribution is 6.09. The summed E-state index contributed by atoms with van der Waals surface area (Å²) in [6.07, 6.45) is 0.708. The molecule has 1 rings (SSSR count). The first-order valence-electron chi connectivity index (χ1n) is 4.34. The van der Waals surface area contributed by atoms with Crippen LogP contribution in [0.2, 0.25) is 0 Å². The Morgan fingerprint density at radius 3 is 2.86 bits per heavy atom. The van der Waals surface area contributed by atoms with Crippen LogP contribution in [0.1, 0.15) is 21.5 Å². The Kier molecular flexibility index (Phi) is 3.30. The second-order valence-electron chi connectivity index (χ2n) is 2.83. The van der Waals surface area contributed by atoms with E-state index in [1.165, 1.54) is 7.11 Å². The summed E-state index contributed by atoms with van der Waals surface area (Å²) in [7, 11) is 3.28. The highest BCUT2D eigenvalue weighted by Crippen LogP contribution is 2.12. The van der Waals surface area contributed by atoms with Crippen LogP contribution in [-0.4, -0.2) is 20.9 Å². The lowest BCUT2D eigenvalue weighted by Crippen LogP contribution is -2.06. The smallest absolute Gasteiger partial charge is 0.338 e. The van der Waals surface area contributed by atoms with Crippen molar-refractivity contribution >= 4 is 13.8 Å². The van der Waals surface area contributed by atoms with E-state index in [9.17, 15) is 4.79 Å². The predicted octanol–water partition coefficient (Wildman–Crippen LogP) is 0.478. The number of nitrogens with zero attached hydrogens (tertiary/aromatic N) is 1. The van der Waals surface area contributed by atoms with Crippen LogP contribution in [0.15, 0.2) is 18.2 Å². The molecule has 0 unspecified atom stereocenters. The van der Waals surface area contributed by atoms with Crippen molar-refractivity contribution in [3.8, 4) is 6.07 Å². The average molecular weight is 187 g/mol. The number of hydrogen-bond acceptors (Lipinski definition) is 3. The number of carbonyl (C=O) groups excluding carboxylic acids is 1. The molecular formula is C10H10BNO2. The van der Waals surface area contributed by atoms with E-state index in [0.717, 1.165) is 5.56 Å². The van der Waals surface area contributed by atoms with Gasteiger partial charge in [-0.2, -0.15) is 5.26 Å². The fraction of sp³-hybridized carbons (Fsp3) is 0.200. The molecule has 1 aromatic carbocycles. The van der Waals surface area contributed by atoms with E-state index in [0.29, 0.717) is 17.4 Å². The summed E-state index contributed by atoms with van der Waals surface area (Å²) in [5, 5.41) is 8.68. The van der Waals surface area contributed by atoms with Crippen molar-refractivity contribution in [3.05, 3.63) is 34.9 Å². The van der Waals surface area contributed by atoms with E-state index in [1.54, 1.807) is 18.2 Å². The number of rotatable bonds is 2. The lowest BCUT2D eigenvalue weighted by atomic mass is 9.91. The summed E-state index contributed by atoms with van der Waals surface area (Å²) in [6, 6.07) is 6.99. The van der Waals surface area contributed by atoms with Crippen LogP contribution >= 0.6 is 0 Å². The first kappa shape index (κ1) is 10.3. The van der Waals surface area contributed by atoms with Gasteiger partial charge in [-0.1, -0.05) is 6.32 Å². The average Bonchev–Trinajstić information content (AvgIpc) is 2.27. The Bertz CT molecular complexity index is 396. The van der Waals surface area contributed by atoms with Crippen LogP contribution in [0, 0.1) is 11.3 Å². The number of esters is 1. The zero-order chi connectivity index (χ0) is 10.6. The third kappa shape index (κ3) is 1.94. The third-order valence-corrected chi connectivity index (χ3v) is 2.02. The van der Waals surface area contributed by atoms with E-state index in [-0.39, 0.29) is 5.97 Å². The molecule has 0 bridgehead atoms. The fourth-order valence-corrected chi connectivity index (χ4v) is 1.26. The molecule has 0 atom stereocenters. The second-order valence-corrected chi connectivity index (χ2v) is 2.83. The maximum atomic E-state index is 11.3. The van der Waals surface area contributed by atoms with Gasteiger partial charge in [0.05, 0.1) is 24.3 Å². The Hall–Kier alpha value is -1.76. The van der Waals surface area contributed by atoms with E-state index in [2.05, 4.69) is 4.74 Å². The zero-order valence-corrected chi connectivity index (χ0v) is 8.20. The molecule has 0 spiro atoms. The van der Waals surface area contributed by atoms with Gasteiger partial charge in [0.1, 0.15) is 7.85 Å². The summed E-state index contributed by atoms with van der Waals surface area (Å²) in [6.45, 7) is 0. The number of methoxy groups -OCH3 is 1. The molecule has 14 heavy (non-hydrogen) atoms. The Morgan fingerprint density at radius 1 is 1.64 bits per heavy atom. The molecule has 0 aliphatic rings. The van der Waals surface area contributed by atoms with Crippen LogP contribution in [0.3, 0.4) is 0 Å². The predicted molar refractivity (Wildman–Crippen MR) is 54.7 cm³/mol. The summed E-state index contributed by atoms with van der Waals surface area (Å²) in [5.41, 5.74) is 1.94. The van der Waals surface area contributed by atoms with E-state index in [1.807, 2.05) is 13.9 Å². The summed E-state index contributed by atoms with van der Waals surface area (Å²) < 4.78 is 4.63. The highest BCUT2D eigenvalue weighted by Gasteiger charge is 2.10. The molecule has 0 aliphatic carbocycles. The van der Waals surface area contributed by atoms with Crippen LogP contribution < -0.4 is 0 Å². The molecule has 0 aromatic heterocycles. The van der Waals surface area contributed by atoms with Gasteiger partial charge in [-0.15, -0.1) is 0 Å². The lowest BCUT2D eigenvalue weighted by molar-refractivity contribution is 0.0600. The molecule has 0 heterocycles. The van der Waals surface area contributed by atoms with Gasteiger partial charge in [0.25, 0.3) is 0 Å². The molecule has 3 nitrogen and oxygen atoms in total. The molecule has 0 saturated heterocycles. The summed E-state index contributed by atoms with van der Waals surface area (Å²) in [5.74, 6) is -0.355. The highest BCUT2D eigenvalue weighted by atomic mass is 16.5. The van der Waals surface area contributed by atoms with Crippen molar-refractivity contribution in [1.29, 1.82) is 5.26 Å². The van der Waals surface area contributed by atoms with Crippen molar-refractivity contribution in [2.75, 3.05) is 7.11 Å². The van der Waals surface area contributed by atoms with Gasteiger partial charge in [-0.05, 0) is 23.8 Å². The van der Waals surface area contributed by atoms with Crippen molar-refractivity contribution in [2.45, 2.75) is 6.32 Å². The molecule has 0 radical (unpaired) electrons. The van der Waals surface area contributed by atoms with Crippen LogP contribution in [0.5, 0.6) is 0 Å². The van der Waals surface area contributed by atoms with Crippen molar-refractivity contribution in [1.82, 2.24) is 0 Å². The molecule has 0 fully saturated rings. The zero-order valence-electron chi connectivity index (χ0n) is 8.20. The minimum absolute atomic E-state index is 0.355. The van der Waals surface area contributed by atoms with Gasteiger partial charge in [0.2, 0.25) is 0 Å². The summed E-state index contributed by atoms with van der Waals surface area (Å²) in [4.78, 5) is 11.3. The molecular weight excluding hydrogens is 177 g/mol. The minimum Gasteiger partial charge on any atom is -0.465 e. The quantitative estimate of drug-likeness (QED) is 0.499. The van der Waals surface area contributed by atoms with Gasteiger partial charge < -0.3 is 4.74 Å². The Labute approximate surface area is 83.7 Å². The molecule has 0 N–H and O–H groups in total. The maximum absolute atomic E-state index is 11.3. The molecule has 0 aliphatic heterocycles. The minimum atomic E-state index is -0.355.